The van der Waals surface area contributed by atoms with Gasteiger partial charge in [-0.1, -0.05) is 31.8 Å². The van der Waals surface area contributed by atoms with Gasteiger partial charge in [0.15, 0.2) is 5.78 Å². The SMILES string of the molecule is CC(=O)C(=O)C1(c2ccc(C(F)(F)F)cc2)CC([Si](C)(C)C)C1. The van der Waals surface area contributed by atoms with Crippen molar-refractivity contribution < 1.29 is 22.8 Å². The maximum atomic E-state index is 12.7. The number of Topliss-reactive ketones (excluding diaryl/α,β-unsaturated/α-hetero) is 2. The summed E-state index contributed by atoms with van der Waals surface area (Å²) in [4.78, 5) is 24.1. The summed E-state index contributed by atoms with van der Waals surface area (Å²) in [7, 11) is -1.46. The molecular formula is C17H21F3O2Si. The molecule has 1 aromatic carbocycles. The summed E-state index contributed by atoms with van der Waals surface area (Å²) in [5.74, 6) is -1.01. The van der Waals surface area contributed by atoms with Gasteiger partial charge in [0.1, 0.15) is 0 Å². The van der Waals surface area contributed by atoms with Crippen molar-refractivity contribution in [3.05, 3.63) is 35.4 Å². The second kappa shape index (κ2) is 5.58. The lowest BCUT2D eigenvalue weighted by molar-refractivity contribution is -0.141. The molecule has 1 aliphatic rings. The molecule has 0 heterocycles. The number of alkyl halides is 3. The van der Waals surface area contributed by atoms with Crippen molar-refractivity contribution in [1.82, 2.24) is 0 Å². The van der Waals surface area contributed by atoms with Crippen LogP contribution in [0.2, 0.25) is 25.2 Å². The van der Waals surface area contributed by atoms with Gasteiger partial charge in [-0.2, -0.15) is 13.2 Å². The molecule has 0 bridgehead atoms. The molecule has 0 radical (unpaired) electrons. The molecule has 2 rings (SSSR count). The van der Waals surface area contributed by atoms with Crippen LogP contribution in [-0.4, -0.2) is 19.6 Å². The maximum absolute atomic E-state index is 12.7. The lowest BCUT2D eigenvalue weighted by Crippen LogP contribution is -2.53. The van der Waals surface area contributed by atoms with E-state index in [9.17, 15) is 22.8 Å². The van der Waals surface area contributed by atoms with Gasteiger partial charge in [-0.15, -0.1) is 0 Å². The van der Waals surface area contributed by atoms with Gasteiger partial charge in [0.05, 0.1) is 11.0 Å². The zero-order chi connectivity index (χ0) is 17.6. The number of hydrogen-bond acceptors (Lipinski definition) is 2. The molecule has 0 saturated heterocycles. The fraction of sp³-hybridized carbons (Fsp3) is 0.529. The molecule has 0 amide bonds. The van der Waals surface area contributed by atoms with Crippen LogP contribution < -0.4 is 0 Å². The Bertz CT molecular complexity index is 621. The molecule has 0 spiro atoms. The first kappa shape index (κ1) is 17.9. The molecule has 23 heavy (non-hydrogen) atoms. The third kappa shape index (κ3) is 3.27. The second-order valence-electron chi connectivity index (χ2n) is 7.51. The van der Waals surface area contributed by atoms with E-state index in [1.54, 1.807) is 0 Å². The quantitative estimate of drug-likeness (QED) is 0.592. The fourth-order valence-electron chi connectivity index (χ4n) is 3.26. The standard InChI is InChI=1S/C17H21F3O2Si/c1-11(21)15(22)16(9-14(10-16)23(2,3)4)12-5-7-13(8-6-12)17(18,19)20/h5-8,14H,9-10H2,1-4H3. The minimum Gasteiger partial charge on any atom is -0.291 e. The van der Waals surface area contributed by atoms with Crippen LogP contribution in [0, 0.1) is 0 Å². The highest BCUT2D eigenvalue weighted by atomic mass is 28.3. The number of benzene rings is 1. The third-order valence-corrected chi connectivity index (χ3v) is 7.79. The Morgan fingerprint density at radius 3 is 1.91 bits per heavy atom. The van der Waals surface area contributed by atoms with Gasteiger partial charge in [-0.05, 0) is 36.1 Å². The number of hydrogen-bond donors (Lipinski definition) is 0. The van der Waals surface area contributed by atoms with E-state index in [1.165, 1.54) is 19.1 Å². The smallest absolute Gasteiger partial charge is 0.291 e. The number of carbonyl (C=O) groups excluding carboxylic acids is 2. The molecule has 1 fully saturated rings. The van der Waals surface area contributed by atoms with Gasteiger partial charge in [0.25, 0.3) is 0 Å². The van der Waals surface area contributed by atoms with Crippen molar-refractivity contribution in [2.45, 2.75) is 56.5 Å². The van der Waals surface area contributed by atoms with Crippen LogP contribution in [0.15, 0.2) is 24.3 Å². The summed E-state index contributed by atoms with van der Waals surface area (Å²) < 4.78 is 38.1. The van der Waals surface area contributed by atoms with Crippen molar-refractivity contribution in [3.63, 3.8) is 0 Å². The Morgan fingerprint density at radius 1 is 1.09 bits per heavy atom. The van der Waals surface area contributed by atoms with Crippen molar-refractivity contribution in [3.8, 4) is 0 Å². The number of ketones is 2. The fourth-order valence-corrected chi connectivity index (χ4v) is 5.18. The Kier molecular flexibility index (Phi) is 4.35. The molecule has 0 aliphatic heterocycles. The van der Waals surface area contributed by atoms with Crippen LogP contribution >= 0.6 is 0 Å². The normalized spacial score (nSPS) is 24.9. The average molecular weight is 342 g/mol. The largest absolute Gasteiger partial charge is 0.416 e. The van der Waals surface area contributed by atoms with Gasteiger partial charge in [0.2, 0.25) is 5.78 Å². The molecule has 0 atom stereocenters. The first-order valence-electron chi connectivity index (χ1n) is 7.61. The number of rotatable bonds is 4. The molecule has 1 aromatic rings. The van der Waals surface area contributed by atoms with E-state index in [0.29, 0.717) is 23.9 Å². The van der Waals surface area contributed by atoms with Crippen LogP contribution in [0.4, 0.5) is 13.2 Å². The third-order valence-electron chi connectivity index (χ3n) is 4.93. The summed E-state index contributed by atoms with van der Waals surface area (Å²) in [6, 6.07) is 4.69. The van der Waals surface area contributed by atoms with Crippen LogP contribution in [0.1, 0.15) is 30.9 Å². The van der Waals surface area contributed by atoms with Crippen molar-refractivity contribution in [2.75, 3.05) is 0 Å². The molecule has 1 saturated carbocycles. The molecule has 0 aromatic heterocycles. The van der Waals surface area contributed by atoms with E-state index in [2.05, 4.69) is 19.6 Å². The zero-order valence-corrected chi connectivity index (χ0v) is 14.8. The van der Waals surface area contributed by atoms with E-state index in [0.717, 1.165) is 12.1 Å². The van der Waals surface area contributed by atoms with Gasteiger partial charge in [-0.25, -0.2) is 0 Å². The van der Waals surface area contributed by atoms with Crippen LogP contribution in [0.5, 0.6) is 0 Å². The molecular weight excluding hydrogens is 321 g/mol. The van der Waals surface area contributed by atoms with E-state index in [1.807, 2.05) is 0 Å². The van der Waals surface area contributed by atoms with Crippen molar-refractivity contribution in [2.24, 2.45) is 0 Å². The monoisotopic (exact) mass is 342 g/mol. The summed E-state index contributed by atoms with van der Waals surface area (Å²) in [5, 5.41) is 0. The minimum absolute atomic E-state index is 0.396. The Hall–Kier alpha value is -1.43. The predicted octanol–water partition coefficient (Wildman–Crippen LogP) is 4.60. The molecule has 6 heteroatoms. The highest BCUT2D eigenvalue weighted by Crippen LogP contribution is 2.56. The Morgan fingerprint density at radius 2 is 1.57 bits per heavy atom. The lowest BCUT2D eigenvalue weighted by atomic mass is 9.60. The van der Waals surface area contributed by atoms with Crippen molar-refractivity contribution >= 4 is 19.6 Å². The summed E-state index contributed by atoms with van der Waals surface area (Å²) in [5.41, 5.74) is -0.748. The van der Waals surface area contributed by atoms with E-state index in [4.69, 9.17) is 0 Å². The van der Waals surface area contributed by atoms with E-state index < -0.39 is 36.8 Å². The summed E-state index contributed by atoms with van der Waals surface area (Å²) >= 11 is 0. The maximum Gasteiger partial charge on any atom is 0.416 e. The Balaban J connectivity index is 2.37. The van der Waals surface area contributed by atoms with Crippen LogP contribution in [-0.2, 0) is 21.2 Å². The highest BCUT2D eigenvalue weighted by molar-refractivity contribution is 6.78. The van der Waals surface area contributed by atoms with Gasteiger partial charge >= 0.3 is 6.18 Å². The average Bonchev–Trinajstić information content (AvgIpc) is 2.35. The molecule has 0 unspecified atom stereocenters. The van der Waals surface area contributed by atoms with Crippen LogP contribution in [0.3, 0.4) is 0 Å². The molecule has 1 aliphatic carbocycles. The summed E-state index contributed by atoms with van der Waals surface area (Å²) in [6.07, 6.45) is -3.28. The minimum atomic E-state index is -4.41. The molecule has 2 nitrogen and oxygen atoms in total. The van der Waals surface area contributed by atoms with E-state index in [-0.39, 0.29) is 0 Å². The second-order valence-corrected chi connectivity index (χ2v) is 13.1. The van der Waals surface area contributed by atoms with Gasteiger partial charge in [0, 0.05) is 15.0 Å². The predicted molar refractivity (Wildman–Crippen MR) is 85.1 cm³/mol. The zero-order valence-electron chi connectivity index (χ0n) is 13.8. The highest BCUT2D eigenvalue weighted by Gasteiger charge is 2.55. The van der Waals surface area contributed by atoms with Crippen LogP contribution in [0.25, 0.3) is 0 Å². The van der Waals surface area contributed by atoms with Gasteiger partial charge in [-0.3, -0.25) is 9.59 Å². The first-order chi connectivity index (χ1) is 10.4. The van der Waals surface area contributed by atoms with Gasteiger partial charge < -0.3 is 0 Å². The number of carbonyl (C=O) groups is 2. The van der Waals surface area contributed by atoms with E-state index >= 15 is 0 Å². The molecule has 0 N–H and O–H groups in total. The van der Waals surface area contributed by atoms with Crippen molar-refractivity contribution in [1.29, 1.82) is 0 Å². The molecule has 126 valence electrons. The topological polar surface area (TPSA) is 34.1 Å². The first-order valence-corrected chi connectivity index (χ1v) is 11.2. The Labute approximate surface area is 135 Å². The summed E-state index contributed by atoms with van der Waals surface area (Å²) in [6.45, 7) is 7.84. The number of halogens is 3. The lowest BCUT2D eigenvalue weighted by Gasteiger charge is -2.51.